The quantitative estimate of drug-likeness (QED) is 0.819. The summed E-state index contributed by atoms with van der Waals surface area (Å²) in [5.74, 6) is 0.119. The van der Waals surface area contributed by atoms with E-state index in [9.17, 15) is 14.4 Å². The highest BCUT2D eigenvalue weighted by Crippen LogP contribution is 2.36. The number of ether oxygens (including phenoxy) is 2. The first-order chi connectivity index (χ1) is 12.9. The molecule has 0 aliphatic carbocycles. The van der Waals surface area contributed by atoms with Crippen molar-refractivity contribution in [1.82, 2.24) is 4.90 Å². The van der Waals surface area contributed by atoms with Crippen LogP contribution in [-0.2, 0) is 14.4 Å². The van der Waals surface area contributed by atoms with Crippen LogP contribution in [0.4, 0.5) is 5.69 Å². The van der Waals surface area contributed by atoms with Gasteiger partial charge in [-0.05, 0) is 25.0 Å². The van der Waals surface area contributed by atoms with Crippen molar-refractivity contribution < 1.29 is 23.9 Å². The summed E-state index contributed by atoms with van der Waals surface area (Å²) in [6.07, 6.45) is 1.32. The van der Waals surface area contributed by atoms with Crippen LogP contribution in [0.1, 0.15) is 19.3 Å². The number of anilines is 1. The number of hydrogen-bond donors (Lipinski definition) is 1. The van der Waals surface area contributed by atoms with Crippen molar-refractivity contribution in [3.8, 4) is 11.5 Å². The highest BCUT2D eigenvalue weighted by Gasteiger charge is 2.39. The van der Waals surface area contributed by atoms with Crippen molar-refractivity contribution in [3.63, 3.8) is 0 Å². The van der Waals surface area contributed by atoms with E-state index in [1.54, 1.807) is 35.1 Å². The molecule has 1 aromatic rings. The van der Waals surface area contributed by atoms with Gasteiger partial charge in [0.1, 0.15) is 11.5 Å². The van der Waals surface area contributed by atoms with E-state index in [2.05, 4.69) is 0 Å². The fraction of sp³-hybridized carbons (Fsp3) is 0.526. The maximum Gasteiger partial charge on any atom is 0.228 e. The molecule has 8 nitrogen and oxygen atoms in total. The van der Waals surface area contributed by atoms with Gasteiger partial charge >= 0.3 is 0 Å². The van der Waals surface area contributed by atoms with Gasteiger partial charge < -0.3 is 25.0 Å². The normalized spacial score (nSPS) is 20.7. The Morgan fingerprint density at radius 1 is 1.11 bits per heavy atom. The third-order valence-corrected chi connectivity index (χ3v) is 5.36. The Labute approximate surface area is 158 Å². The Hall–Kier alpha value is -2.77. The van der Waals surface area contributed by atoms with E-state index in [-0.39, 0.29) is 30.1 Å². The number of rotatable bonds is 5. The predicted molar refractivity (Wildman–Crippen MR) is 98.5 cm³/mol. The molecule has 1 atom stereocenters. The van der Waals surface area contributed by atoms with E-state index < -0.39 is 5.92 Å². The molecule has 0 radical (unpaired) electrons. The number of carbonyl (C=O) groups excluding carboxylic acids is 3. The van der Waals surface area contributed by atoms with Crippen LogP contribution in [0, 0.1) is 11.8 Å². The lowest BCUT2D eigenvalue weighted by atomic mass is 9.95. The molecule has 2 saturated heterocycles. The van der Waals surface area contributed by atoms with E-state index >= 15 is 0 Å². The maximum atomic E-state index is 12.9. The van der Waals surface area contributed by atoms with Crippen LogP contribution in [0.3, 0.4) is 0 Å². The van der Waals surface area contributed by atoms with Crippen LogP contribution in [0.25, 0.3) is 0 Å². The Morgan fingerprint density at radius 3 is 2.41 bits per heavy atom. The van der Waals surface area contributed by atoms with Crippen LogP contribution >= 0.6 is 0 Å². The maximum absolute atomic E-state index is 12.9. The van der Waals surface area contributed by atoms with E-state index in [0.29, 0.717) is 49.7 Å². The first kappa shape index (κ1) is 19.0. The summed E-state index contributed by atoms with van der Waals surface area (Å²) in [7, 11) is 3.09. The number of primary amides is 1. The van der Waals surface area contributed by atoms with Gasteiger partial charge in [-0.2, -0.15) is 0 Å². The van der Waals surface area contributed by atoms with Crippen molar-refractivity contribution in [2.24, 2.45) is 17.6 Å². The molecule has 3 rings (SSSR count). The molecule has 0 bridgehead atoms. The van der Waals surface area contributed by atoms with Gasteiger partial charge in [-0.15, -0.1) is 0 Å². The molecular weight excluding hydrogens is 350 g/mol. The summed E-state index contributed by atoms with van der Waals surface area (Å²) in [6, 6.07) is 5.24. The molecule has 0 unspecified atom stereocenters. The molecule has 27 heavy (non-hydrogen) atoms. The minimum absolute atomic E-state index is 0.0457. The standard InChI is InChI=1S/C19H25N3O5/c1-26-14-3-4-16(27-2)15(10-14)22-11-13(9-17(22)23)19(25)21-7-5-12(6-8-21)18(20)24/h3-4,10,12-13H,5-9,11H2,1-2H3,(H2,20,24)/t13-/m0/s1. The Bertz CT molecular complexity index is 743. The average molecular weight is 375 g/mol. The zero-order chi connectivity index (χ0) is 19.6. The van der Waals surface area contributed by atoms with Crippen molar-refractivity contribution in [2.45, 2.75) is 19.3 Å². The first-order valence-electron chi connectivity index (χ1n) is 9.05. The highest BCUT2D eigenvalue weighted by molar-refractivity contribution is 6.01. The van der Waals surface area contributed by atoms with E-state index in [4.69, 9.17) is 15.2 Å². The molecule has 3 amide bonds. The number of benzene rings is 1. The summed E-state index contributed by atoms with van der Waals surface area (Å²) in [5.41, 5.74) is 5.95. The molecule has 0 aromatic heterocycles. The van der Waals surface area contributed by atoms with Crippen LogP contribution in [0.2, 0.25) is 0 Å². The van der Waals surface area contributed by atoms with Crippen molar-refractivity contribution in [3.05, 3.63) is 18.2 Å². The summed E-state index contributed by atoms with van der Waals surface area (Å²) < 4.78 is 10.6. The first-order valence-corrected chi connectivity index (χ1v) is 9.05. The number of hydrogen-bond acceptors (Lipinski definition) is 5. The summed E-state index contributed by atoms with van der Waals surface area (Å²) >= 11 is 0. The van der Waals surface area contributed by atoms with Crippen molar-refractivity contribution in [2.75, 3.05) is 38.8 Å². The number of methoxy groups -OCH3 is 2. The third-order valence-electron chi connectivity index (χ3n) is 5.36. The lowest BCUT2D eigenvalue weighted by Gasteiger charge is -2.32. The van der Waals surface area contributed by atoms with Gasteiger partial charge in [-0.1, -0.05) is 0 Å². The molecule has 2 aliphatic rings. The molecule has 2 N–H and O–H groups in total. The number of piperidine rings is 1. The topological polar surface area (TPSA) is 102 Å². The number of nitrogens with two attached hydrogens (primary N) is 1. The summed E-state index contributed by atoms with van der Waals surface area (Å²) in [4.78, 5) is 40.0. The van der Waals surface area contributed by atoms with Crippen LogP contribution in [0.15, 0.2) is 18.2 Å². The molecule has 0 spiro atoms. The Balaban J connectivity index is 1.71. The predicted octanol–water partition coefficient (Wildman–Crippen LogP) is 0.781. The van der Waals surface area contributed by atoms with E-state index in [1.807, 2.05) is 0 Å². The van der Waals surface area contributed by atoms with Gasteiger partial charge in [0.2, 0.25) is 17.7 Å². The summed E-state index contributed by atoms with van der Waals surface area (Å²) in [6.45, 7) is 1.30. The fourth-order valence-corrected chi connectivity index (χ4v) is 3.76. The van der Waals surface area contributed by atoms with Gasteiger partial charge in [0.05, 0.1) is 25.8 Å². The van der Waals surface area contributed by atoms with E-state index in [1.165, 1.54) is 7.11 Å². The molecule has 8 heteroatoms. The fourth-order valence-electron chi connectivity index (χ4n) is 3.76. The zero-order valence-corrected chi connectivity index (χ0v) is 15.6. The highest BCUT2D eigenvalue weighted by atomic mass is 16.5. The van der Waals surface area contributed by atoms with Gasteiger partial charge in [-0.3, -0.25) is 14.4 Å². The zero-order valence-electron chi connectivity index (χ0n) is 15.6. The lowest BCUT2D eigenvalue weighted by Crippen LogP contribution is -2.44. The monoisotopic (exact) mass is 375 g/mol. The van der Waals surface area contributed by atoms with Crippen LogP contribution in [-0.4, -0.2) is 56.5 Å². The molecule has 2 heterocycles. The van der Waals surface area contributed by atoms with Gasteiger partial charge in [0.25, 0.3) is 0 Å². The minimum atomic E-state index is -0.404. The molecule has 1 aromatic carbocycles. The SMILES string of the molecule is COc1ccc(OC)c(N2C[C@@H](C(=O)N3CCC(C(N)=O)CC3)CC2=O)c1. The minimum Gasteiger partial charge on any atom is -0.497 e. The average Bonchev–Trinajstić information content (AvgIpc) is 3.08. The number of likely N-dealkylation sites (tertiary alicyclic amines) is 1. The van der Waals surface area contributed by atoms with Gasteiger partial charge in [0, 0.05) is 38.0 Å². The van der Waals surface area contributed by atoms with Gasteiger partial charge in [-0.25, -0.2) is 0 Å². The summed E-state index contributed by atoms with van der Waals surface area (Å²) in [5, 5.41) is 0. The molecule has 0 saturated carbocycles. The third kappa shape index (κ3) is 3.84. The molecule has 146 valence electrons. The van der Waals surface area contributed by atoms with Gasteiger partial charge in [0.15, 0.2) is 0 Å². The number of nitrogens with zero attached hydrogens (tertiary/aromatic N) is 2. The second-order valence-corrected chi connectivity index (χ2v) is 6.95. The Kier molecular flexibility index (Phi) is 5.53. The van der Waals surface area contributed by atoms with Crippen molar-refractivity contribution >= 4 is 23.4 Å². The van der Waals surface area contributed by atoms with Crippen LogP contribution < -0.4 is 20.1 Å². The molecule has 2 fully saturated rings. The van der Waals surface area contributed by atoms with Crippen molar-refractivity contribution in [1.29, 1.82) is 0 Å². The molecule has 2 aliphatic heterocycles. The molecular formula is C19H25N3O5. The second kappa shape index (κ2) is 7.85. The number of amides is 3. The van der Waals surface area contributed by atoms with Crippen LogP contribution in [0.5, 0.6) is 11.5 Å². The second-order valence-electron chi connectivity index (χ2n) is 6.95. The Morgan fingerprint density at radius 2 is 1.81 bits per heavy atom. The van der Waals surface area contributed by atoms with E-state index in [0.717, 1.165) is 0 Å². The largest absolute Gasteiger partial charge is 0.497 e. The smallest absolute Gasteiger partial charge is 0.228 e. The number of carbonyl (C=O) groups is 3. The lowest BCUT2D eigenvalue weighted by molar-refractivity contribution is -0.138.